The van der Waals surface area contributed by atoms with Gasteiger partial charge in [0.2, 0.25) is 0 Å². The Balaban J connectivity index is 2.00. The summed E-state index contributed by atoms with van der Waals surface area (Å²) in [6.45, 7) is 4.29. The normalized spacial score (nSPS) is 14.9. The minimum atomic E-state index is 0.00453. The highest BCUT2D eigenvalue weighted by atomic mass is 16.3. The van der Waals surface area contributed by atoms with E-state index in [0.29, 0.717) is 5.92 Å². The standard InChI is InChI=1S/C17H22N4O/c1-11(2)15(10-22)20-17-13-4-3-5-14(13)19-16(21-17)12-6-8-18-9-7-12/h6-9,11,15,22H,3-5,10H2,1-2H3,(H,19,20,21)/t15-/m1/s1. The van der Waals surface area contributed by atoms with Crippen molar-refractivity contribution < 1.29 is 5.11 Å². The summed E-state index contributed by atoms with van der Waals surface area (Å²) < 4.78 is 0. The van der Waals surface area contributed by atoms with Crippen molar-refractivity contribution in [3.05, 3.63) is 35.8 Å². The minimum absolute atomic E-state index is 0.00453. The maximum atomic E-state index is 9.58. The summed E-state index contributed by atoms with van der Waals surface area (Å²) in [6.07, 6.45) is 6.62. The largest absolute Gasteiger partial charge is 0.394 e. The van der Waals surface area contributed by atoms with Gasteiger partial charge < -0.3 is 10.4 Å². The first kappa shape index (κ1) is 14.9. The predicted octanol–water partition coefficient (Wildman–Crippen LogP) is 2.46. The maximum absolute atomic E-state index is 9.58. The molecule has 0 aromatic carbocycles. The summed E-state index contributed by atoms with van der Waals surface area (Å²) in [6, 6.07) is 3.85. The van der Waals surface area contributed by atoms with E-state index < -0.39 is 0 Å². The number of pyridine rings is 1. The minimum Gasteiger partial charge on any atom is -0.394 e. The van der Waals surface area contributed by atoms with Crippen LogP contribution in [-0.4, -0.2) is 32.7 Å². The van der Waals surface area contributed by atoms with Gasteiger partial charge in [-0.3, -0.25) is 4.98 Å². The van der Waals surface area contributed by atoms with E-state index in [1.54, 1.807) is 12.4 Å². The van der Waals surface area contributed by atoms with E-state index in [4.69, 9.17) is 9.97 Å². The SMILES string of the molecule is CC(C)[C@@H](CO)Nc1nc(-c2ccncc2)nc2c1CCC2. The fourth-order valence-corrected chi connectivity index (χ4v) is 2.78. The van der Waals surface area contributed by atoms with Gasteiger partial charge in [0.25, 0.3) is 0 Å². The van der Waals surface area contributed by atoms with Crippen molar-refractivity contribution in [1.82, 2.24) is 15.0 Å². The van der Waals surface area contributed by atoms with Crippen molar-refractivity contribution in [3.63, 3.8) is 0 Å². The molecule has 2 aromatic heterocycles. The number of aliphatic hydroxyl groups excluding tert-OH is 1. The zero-order chi connectivity index (χ0) is 15.5. The molecule has 1 aliphatic rings. The van der Waals surface area contributed by atoms with Gasteiger partial charge in [-0.15, -0.1) is 0 Å². The van der Waals surface area contributed by atoms with Gasteiger partial charge in [-0.2, -0.15) is 0 Å². The number of aryl methyl sites for hydroxylation is 1. The molecule has 1 atom stereocenters. The molecule has 1 aliphatic carbocycles. The topological polar surface area (TPSA) is 70.9 Å². The van der Waals surface area contributed by atoms with Crippen LogP contribution >= 0.6 is 0 Å². The Bertz CT molecular complexity index is 643. The molecule has 5 heteroatoms. The summed E-state index contributed by atoms with van der Waals surface area (Å²) >= 11 is 0. The van der Waals surface area contributed by atoms with Crippen LogP contribution in [0.4, 0.5) is 5.82 Å². The lowest BCUT2D eigenvalue weighted by Crippen LogP contribution is -2.30. The van der Waals surface area contributed by atoms with E-state index in [1.807, 2.05) is 12.1 Å². The molecule has 0 fully saturated rings. The number of hydrogen-bond donors (Lipinski definition) is 2. The Hall–Kier alpha value is -2.01. The van der Waals surface area contributed by atoms with Crippen LogP contribution in [0.5, 0.6) is 0 Å². The zero-order valence-corrected chi connectivity index (χ0v) is 13.1. The highest BCUT2D eigenvalue weighted by molar-refractivity contribution is 5.60. The second-order valence-corrected chi connectivity index (χ2v) is 6.09. The molecule has 2 aromatic rings. The van der Waals surface area contributed by atoms with Gasteiger partial charge in [0.1, 0.15) is 5.82 Å². The number of fused-ring (bicyclic) bond motifs is 1. The van der Waals surface area contributed by atoms with E-state index in [-0.39, 0.29) is 12.6 Å². The lowest BCUT2D eigenvalue weighted by Gasteiger charge is -2.22. The molecule has 22 heavy (non-hydrogen) atoms. The fraction of sp³-hybridized carbons (Fsp3) is 0.471. The molecule has 116 valence electrons. The van der Waals surface area contributed by atoms with Gasteiger partial charge >= 0.3 is 0 Å². The van der Waals surface area contributed by atoms with Gasteiger partial charge in [-0.25, -0.2) is 9.97 Å². The monoisotopic (exact) mass is 298 g/mol. The molecule has 5 nitrogen and oxygen atoms in total. The van der Waals surface area contributed by atoms with Gasteiger partial charge in [0.15, 0.2) is 5.82 Å². The third-order valence-electron chi connectivity index (χ3n) is 4.20. The smallest absolute Gasteiger partial charge is 0.161 e. The van der Waals surface area contributed by atoms with Gasteiger partial charge in [-0.05, 0) is 37.3 Å². The average molecular weight is 298 g/mol. The molecule has 2 N–H and O–H groups in total. The van der Waals surface area contributed by atoms with Crippen molar-refractivity contribution in [1.29, 1.82) is 0 Å². The quantitative estimate of drug-likeness (QED) is 0.887. The lowest BCUT2D eigenvalue weighted by atomic mass is 10.0. The van der Waals surface area contributed by atoms with E-state index in [1.165, 1.54) is 5.56 Å². The first-order chi connectivity index (χ1) is 10.7. The van der Waals surface area contributed by atoms with Crippen molar-refractivity contribution in [3.8, 4) is 11.4 Å². The zero-order valence-electron chi connectivity index (χ0n) is 13.1. The molecule has 0 amide bonds. The van der Waals surface area contributed by atoms with Crippen molar-refractivity contribution in [2.45, 2.75) is 39.2 Å². The molecule has 0 saturated carbocycles. The maximum Gasteiger partial charge on any atom is 0.161 e. The van der Waals surface area contributed by atoms with Crippen LogP contribution in [0.15, 0.2) is 24.5 Å². The van der Waals surface area contributed by atoms with Crippen molar-refractivity contribution in [2.24, 2.45) is 5.92 Å². The first-order valence-electron chi connectivity index (χ1n) is 7.86. The average Bonchev–Trinajstić information content (AvgIpc) is 3.01. The fourth-order valence-electron chi connectivity index (χ4n) is 2.78. The number of nitrogens with zero attached hydrogens (tertiary/aromatic N) is 3. The van der Waals surface area contributed by atoms with Crippen LogP contribution < -0.4 is 5.32 Å². The van der Waals surface area contributed by atoms with E-state index >= 15 is 0 Å². The van der Waals surface area contributed by atoms with E-state index in [0.717, 1.165) is 42.2 Å². The van der Waals surface area contributed by atoms with Crippen molar-refractivity contribution >= 4 is 5.82 Å². The van der Waals surface area contributed by atoms with Crippen LogP contribution in [-0.2, 0) is 12.8 Å². The molecule has 0 saturated heterocycles. The highest BCUT2D eigenvalue weighted by Gasteiger charge is 2.22. The number of hydrogen-bond acceptors (Lipinski definition) is 5. The van der Waals surface area contributed by atoms with Crippen LogP contribution in [0.25, 0.3) is 11.4 Å². The summed E-state index contributed by atoms with van der Waals surface area (Å²) in [5.74, 6) is 1.94. The van der Waals surface area contributed by atoms with Gasteiger partial charge in [0.05, 0.1) is 12.6 Å². The summed E-state index contributed by atoms with van der Waals surface area (Å²) in [5.41, 5.74) is 3.31. The molecular formula is C17H22N4O. The van der Waals surface area contributed by atoms with Gasteiger partial charge in [0, 0.05) is 29.2 Å². The van der Waals surface area contributed by atoms with E-state index in [9.17, 15) is 5.11 Å². The van der Waals surface area contributed by atoms with Crippen LogP contribution in [0.1, 0.15) is 31.5 Å². The van der Waals surface area contributed by atoms with Crippen molar-refractivity contribution in [2.75, 3.05) is 11.9 Å². The predicted molar refractivity (Wildman–Crippen MR) is 86.6 cm³/mol. The third-order valence-corrected chi connectivity index (χ3v) is 4.20. The van der Waals surface area contributed by atoms with E-state index in [2.05, 4.69) is 24.1 Å². The van der Waals surface area contributed by atoms with Crippen LogP contribution in [0, 0.1) is 5.92 Å². The molecule has 0 spiro atoms. The number of aliphatic hydroxyl groups is 1. The Kier molecular flexibility index (Phi) is 4.34. The Morgan fingerprint density at radius 3 is 2.64 bits per heavy atom. The number of rotatable bonds is 5. The summed E-state index contributed by atoms with van der Waals surface area (Å²) in [4.78, 5) is 13.5. The second kappa shape index (κ2) is 6.40. The highest BCUT2D eigenvalue weighted by Crippen LogP contribution is 2.29. The molecule has 3 rings (SSSR count). The van der Waals surface area contributed by atoms with Gasteiger partial charge in [-0.1, -0.05) is 13.8 Å². The molecule has 0 unspecified atom stereocenters. The Morgan fingerprint density at radius 1 is 1.18 bits per heavy atom. The lowest BCUT2D eigenvalue weighted by molar-refractivity contribution is 0.249. The number of nitrogens with one attached hydrogen (secondary N) is 1. The molecular weight excluding hydrogens is 276 g/mol. The summed E-state index contributed by atoms with van der Waals surface area (Å²) in [5, 5.41) is 13.0. The Labute approximate surface area is 130 Å². The molecule has 0 radical (unpaired) electrons. The molecule has 0 bridgehead atoms. The van der Waals surface area contributed by atoms with Crippen LogP contribution in [0.3, 0.4) is 0 Å². The molecule has 0 aliphatic heterocycles. The third kappa shape index (κ3) is 2.95. The van der Waals surface area contributed by atoms with Crippen LogP contribution in [0.2, 0.25) is 0 Å². The number of aromatic nitrogens is 3. The molecule has 2 heterocycles. The summed E-state index contributed by atoms with van der Waals surface area (Å²) in [7, 11) is 0. The Morgan fingerprint density at radius 2 is 1.95 bits per heavy atom. The second-order valence-electron chi connectivity index (χ2n) is 6.09. The number of anilines is 1. The first-order valence-corrected chi connectivity index (χ1v) is 7.86.